The van der Waals surface area contributed by atoms with Gasteiger partial charge in [0.25, 0.3) is 5.91 Å². The number of aromatic nitrogens is 1. The molecule has 0 radical (unpaired) electrons. The molecule has 0 saturated carbocycles. The normalized spacial score (nSPS) is 17.5. The molecule has 1 aromatic carbocycles. The summed E-state index contributed by atoms with van der Waals surface area (Å²) in [6.07, 6.45) is 0.952. The van der Waals surface area contributed by atoms with Gasteiger partial charge in [-0.15, -0.1) is 11.3 Å². The molecule has 1 atom stereocenters. The van der Waals surface area contributed by atoms with E-state index in [-0.39, 0.29) is 11.9 Å². The highest BCUT2D eigenvalue weighted by molar-refractivity contribution is 7.15. The molecule has 0 bridgehead atoms. The van der Waals surface area contributed by atoms with Crippen molar-refractivity contribution in [3.63, 3.8) is 0 Å². The minimum Gasteiger partial charge on any atom is -0.333 e. The molecule has 1 aromatic heterocycles. The highest BCUT2D eigenvalue weighted by Gasteiger charge is 2.34. The van der Waals surface area contributed by atoms with Crippen molar-refractivity contribution in [2.24, 2.45) is 5.73 Å². The Hall–Kier alpha value is -1.14. The van der Waals surface area contributed by atoms with Crippen molar-refractivity contribution in [3.8, 4) is 10.4 Å². The van der Waals surface area contributed by atoms with E-state index in [0.29, 0.717) is 22.3 Å². The Kier molecular flexibility index (Phi) is 4.41. The van der Waals surface area contributed by atoms with E-state index in [9.17, 15) is 4.79 Å². The molecule has 1 aliphatic heterocycles. The summed E-state index contributed by atoms with van der Waals surface area (Å²) in [5.41, 5.74) is 7.01. The fourth-order valence-corrected chi connectivity index (χ4v) is 3.70. The zero-order chi connectivity index (χ0) is 15.9. The Labute approximate surface area is 142 Å². The first-order chi connectivity index (χ1) is 10.5. The molecule has 2 N–H and O–H groups in total. The second-order valence-corrected chi connectivity index (χ2v) is 7.23. The second kappa shape index (κ2) is 6.16. The molecule has 4 nitrogen and oxygen atoms in total. The van der Waals surface area contributed by atoms with Crippen LogP contribution in [0.1, 0.15) is 21.9 Å². The molecule has 3 rings (SSSR count). The summed E-state index contributed by atoms with van der Waals surface area (Å²) in [7, 11) is 0. The molecule has 2 heterocycles. The van der Waals surface area contributed by atoms with Crippen molar-refractivity contribution in [1.82, 2.24) is 9.88 Å². The standard InChI is InChI=1S/C15H15Cl2N3OS/c1-8-19-13(15(21)20-5-4-10(20)7-18)14(22-8)9-2-3-11(16)12(17)6-9/h2-3,6,10H,4-5,7,18H2,1H3. The van der Waals surface area contributed by atoms with E-state index in [0.717, 1.165) is 28.4 Å². The van der Waals surface area contributed by atoms with E-state index in [1.54, 1.807) is 17.0 Å². The maximum Gasteiger partial charge on any atom is 0.274 e. The fourth-order valence-electron chi connectivity index (χ4n) is 2.49. The van der Waals surface area contributed by atoms with Gasteiger partial charge in [0, 0.05) is 19.1 Å². The van der Waals surface area contributed by atoms with Gasteiger partial charge in [0.15, 0.2) is 0 Å². The van der Waals surface area contributed by atoms with Gasteiger partial charge in [-0.3, -0.25) is 4.79 Å². The van der Waals surface area contributed by atoms with E-state index in [2.05, 4.69) is 4.98 Å². The predicted molar refractivity (Wildman–Crippen MR) is 90.8 cm³/mol. The van der Waals surface area contributed by atoms with Crippen LogP contribution in [0.2, 0.25) is 10.0 Å². The number of aryl methyl sites for hydroxylation is 1. The van der Waals surface area contributed by atoms with Gasteiger partial charge in [-0.1, -0.05) is 29.3 Å². The van der Waals surface area contributed by atoms with Gasteiger partial charge >= 0.3 is 0 Å². The minimum absolute atomic E-state index is 0.0628. The van der Waals surface area contributed by atoms with Gasteiger partial charge in [-0.05, 0) is 31.0 Å². The molecule has 2 aromatic rings. The van der Waals surface area contributed by atoms with Crippen molar-refractivity contribution in [3.05, 3.63) is 38.9 Å². The molecule has 1 amide bonds. The number of hydrogen-bond donors (Lipinski definition) is 1. The van der Waals surface area contributed by atoms with Crippen LogP contribution in [0, 0.1) is 6.92 Å². The first-order valence-electron chi connectivity index (χ1n) is 6.95. The Morgan fingerprint density at radius 1 is 1.45 bits per heavy atom. The lowest BCUT2D eigenvalue weighted by Gasteiger charge is -2.40. The molecule has 1 fully saturated rings. The average Bonchev–Trinajstić information content (AvgIpc) is 2.83. The Morgan fingerprint density at radius 2 is 2.23 bits per heavy atom. The van der Waals surface area contributed by atoms with Gasteiger partial charge in [0.2, 0.25) is 0 Å². The van der Waals surface area contributed by atoms with Crippen LogP contribution < -0.4 is 5.73 Å². The molecule has 0 aliphatic carbocycles. The first kappa shape index (κ1) is 15.7. The number of carbonyl (C=O) groups is 1. The van der Waals surface area contributed by atoms with Gasteiger partial charge in [-0.25, -0.2) is 4.98 Å². The van der Waals surface area contributed by atoms with E-state index in [1.807, 2.05) is 13.0 Å². The van der Waals surface area contributed by atoms with Gasteiger partial charge < -0.3 is 10.6 Å². The van der Waals surface area contributed by atoms with E-state index in [1.165, 1.54) is 11.3 Å². The molecule has 1 aliphatic rings. The highest BCUT2D eigenvalue weighted by Crippen LogP contribution is 2.35. The summed E-state index contributed by atoms with van der Waals surface area (Å²) in [6.45, 7) is 3.11. The third-order valence-corrected chi connectivity index (χ3v) is 5.55. The monoisotopic (exact) mass is 355 g/mol. The van der Waals surface area contributed by atoms with Crippen LogP contribution >= 0.6 is 34.5 Å². The van der Waals surface area contributed by atoms with Crippen LogP contribution in [0.3, 0.4) is 0 Å². The van der Waals surface area contributed by atoms with Crippen molar-refractivity contribution in [2.75, 3.05) is 13.1 Å². The summed E-state index contributed by atoms with van der Waals surface area (Å²) in [5.74, 6) is -0.0628. The van der Waals surface area contributed by atoms with Crippen LogP contribution in [-0.4, -0.2) is 34.9 Å². The molecule has 7 heteroatoms. The summed E-state index contributed by atoms with van der Waals surface area (Å²) < 4.78 is 0. The van der Waals surface area contributed by atoms with Gasteiger partial charge in [0.05, 0.1) is 19.9 Å². The maximum atomic E-state index is 12.7. The lowest BCUT2D eigenvalue weighted by atomic mass is 10.0. The summed E-state index contributed by atoms with van der Waals surface area (Å²) in [4.78, 5) is 19.7. The number of hydrogen-bond acceptors (Lipinski definition) is 4. The van der Waals surface area contributed by atoms with E-state index in [4.69, 9.17) is 28.9 Å². The summed E-state index contributed by atoms with van der Waals surface area (Å²) in [5, 5.41) is 1.80. The zero-order valence-corrected chi connectivity index (χ0v) is 14.3. The minimum atomic E-state index is -0.0628. The van der Waals surface area contributed by atoms with Crippen molar-refractivity contribution >= 4 is 40.4 Å². The SMILES string of the molecule is Cc1nc(C(=O)N2CCC2CN)c(-c2ccc(Cl)c(Cl)c2)s1. The van der Waals surface area contributed by atoms with Crippen LogP contribution in [-0.2, 0) is 0 Å². The number of carbonyl (C=O) groups excluding carboxylic acids is 1. The number of thiazole rings is 1. The third kappa shape index (κ3) is 2.74. The second-order valence-electron chi connectivity index (χ2n) is 5.22. The summed E-state index contributed by atoms with van der Waals surface area (Å²) in [6, 6.07) is 5.48. The topological polar surface area (TPSA) is 59.2 Å². The number of likely N-dealkylation sites (tertiary alicyclic amines) is 1. The number of nitrogens with zero attached hydrogens (tertiary/aromatic N) is 2. The maximum absolute atomic E-state index is 12.7. The molecule has 1 saturated heterocycles. The quantitative estimate of drug-likeness (QED) is 0.914. The van der Waals surface area contributed by atoms with Gasteiger partial charge in [0.1, 0.15) is 5.69 Å². The lowest BCUT2D eigenvalue weighted by Crippen LogP contribution is -2.54. The van der Waals surface area contributed by atoms with Crippen molar-refractivity contribution in [2.45, 2.75) is 19.4 Å². The third-order valence-electron chi connectivity index (χ3n) is 3.80. The Balaban J connectivity index is 1.99. The largest absolute Gasteiger partial charge is 0.333 e. The number of halogens is 2. The fraction of sp³-hybridized carbons (Fsp3) is 0.333. The zero-order valence-electron chi connectivity index (χ0n) is 12.0. The summed E-state index contributed by atoms with van der Waals surface area (Å²) >= 11 is 13.5. The Bertz CT molecular complexity index is 730. The molecule has 1 unspecified atom stereocenters. The van der Waals surface area contributed by atoms with Crippen LogP contribution in [0.25, 0.3) is 10.4 Å². The smallest absolute Gasteiger partial charge is 0.274 e. The van der Waals surface area contributed by atoms with Crippen LogP contribution in [0.4, 0.5) is 0 Å². The van der Waals surface area contributed by atoms with Crippen molar-refractivity contribution in [1.29, 1.82) is 0 Å². The molecule has 22 heavy (non-hydrogen) atoms. The number of rotatable bonds is 3. The number of benzene rings is 1. The van der Waals surface area contributed by atoms with Crippen LogP contribution in [0.5, 0.6) is 0 Å². The molecular formula is C15H15Cl2N3OS. The molecule has 116 valence electrons. The molecular weight excluding hydrogens is 341 g/mol. The first-order valence-corrected chi connectivity index (χ1v) is 8.52. The van der Waals surface area contributed by atoms with Crippen LogP contribution in [0.15, 0.2) is 18.2 Å². The van der Waals surface area contributed by atoms with E-state index >= 15 is 0 Å². The van der Waals surface area contributed by atoms with Crippen molar-refractivity contribution < 1.29 is 4.79 Å². The molecule has 0 spiro atoms. The average molecular weight is 356 g/mol. The predicted octanol–water partition coefficient (Wildman–Crippen LogP) is 3.60. The van der Waals surface area contributed by atoms with E-state index < -0.39 is 0 Å². The highest BCUT2D eigenvalue weighted by atomic mass is 35.5. The Morgan fingerprint density at radius 3 is 2.82 bits per heavy atom. The number of amides is 1. The van der Waals surface area contributed by atoms with Gasteiger partial charge in [-0.2, -0.15) is 0 Å². The lowest BCUT2D eigenvalue weighted by molar-refractivity contribution is 0.0477. The number of nitrogens with two attached hydrogens (primary N) is 1.